The maximum absolute atomic E-state index is 12.4. The molecule has 0 atom stereocenters. The van der Waals surface area contributed by atoms with E-state index >= 15 is 0 Å². The van der Waals surface area contributed by atoms with Crippen molar-refractivity contribution in [2.45, 2.75) is 30.4 Å². The van der Waals surface area contributed by atoms with Crippen molar-refractivity contribution in [2.75, 3.05) is 33.4 Å². The molecule has 0 saturated carbocycles. The topological polar surface area (TPSA) is 67.4 Å². The molecule has 22 heavy (non-hydrogen) atoms. The van der Waals surface area contributed by atoms with Gasteiger partial charge in [0.15, 0.2) is 0 Å². The van der Waals surface area contributed by atoms with E-state index in [1.54, 1.807) is 13.2 Å². The maximum Gasteiger partial charge on any atom is 0.250 e. The van der Waals surface area contributed by atoms with Crippen molar-refractivity contribution in [1.29, 1.82) is 0 Å². The van der Waals surface area contributed by atoms with Gasteiger partial charge >= 0.3 is 0 Å². The van der Waals surface area contributed by atoms with Crippen molar-refractivity contribution in [3.05, 3.63) is 17.0 Å². The molecule has 2 rings (SSSR count). The van der Waals surface area contributed by atoms with Gasteiger partial charge in [-0.3, -0.25) is 0 Å². The molecule has 5 nitrogen and oxygen atoms in total. The summed E-state index contributed by atoms with van der Waals surface area (Å²) in [5.74, 6) is 0. The second-order valence-corrected chi connectivity index (χ2v) is 8.74. The molecule has 0 amide bonds. The number of halogens is 1. The largest absolute Gasteiger partial charge is 0.384 e. The van der Waals surface area contributed by atoms with Crippen LogP contribution < -0.4 is 10.0 Å². The van der Waals surface area contributed by atoms with E-state index in [1.807, 2.05) is 13.0 Å². The molecule has 128 valence electrons. The molecule has 1 saturated heterocycles. The minimum Gasteiger partial charge on any atom is -0.384 e. The molecule has 0 bridgehead atoms. The Bertz CT molecular complexity index is 549. The molecule has 1 aromatic rings. The molecular formula is C14H25ClN2O3S2. The summed E-state index contributed by atoms with van der Waals surface area (Å²) in [6, 6.07) is 3.58. The Morgan fingerprint density at radius 1 is 1.36 bits per heavy atom. The van der Waals surface area contributed by atoms with Crippen LogP contribution in [0.5, 0.6) is 0 Å². The van der Waals surface area contributed by atoms with Crippen LogP contribution in [0.4, 0.5) is 0 Å². The van der Waals surface area contributed by atoms with Gasteiger partial charge in [-0.25, -0.2) is 13.1 Å². The van der Waals surface area contributed by atoms with Gasteiger partial charge in [0.25, 0.3) is 0 Å². The Labute approximate surface area is 143 Å². The van der Waals surface area contributed by atoms with Gasteiger partial charge in [-0.1, -0.05) is 6.92 Å². The molecule has 0 spiro atoms. The lowest BCUT2D eigenvalue weighted by Crippen LogP contribution is -2.47. The van der Waals surface area contributed by atoms with Crippen LogP contribution in [-0.4, -0.2) is 41.8 Å². The number of nitrogens with one attached hydrogen (secondary N) is 2. The summed E-state index contributed by atoms with van der Waals surface area (Å²) in [4.78, 5) is 1.09. The zero-order valence-electron chi connectivity index (χ0n) is 13.1. The Morgan fingerprint density at radius 2 is 2.05 bits per heavy atom. The third-order valence-electron chi connectivity index (χ3n) is 4.00. The lowest BCUT2D eigenvalue weighted by atomic mass is 9.80. The zero-order valence-corrected chi connectivity index (χ0v) is 15.5. The number of rotatable bonds is 7. The van der Waals surface area contributed by atoms with E-state index in [4.69, 9.17) is 4.74 Å². The monoisotopic (exact) mass is 368 g/mol. The number of aryl methyl sites for hydroxylation is 1. The molecule has 8 heteroatoms. The van der Waals surface area contributed by atoms with E-state index in [0.717, 1.165) is 37.2 Å². The normalized spacial score (nSPS) is 17.9. The number of hydrogen-bond donors (Lipinski definition) is 2. The average molecular weight is 369 g/mol. The molecule has 0 radical (unpaired) electrons. The highest BCUT2D eigenvalue weighted by atomic mass is 35.5. The number of sulfonamides is 1. The Balaban J connectivity index is 0.00000242. The molecule has 1 aliphatic rings. The van der Waals surface area contributed by atoms with Crippen LogP contribution in [0.3, 0.4) is 0 Å². The van der Waals surface area contributed by atoms with Gasteiger partial charge in [0, 0.05) is 23.9 Å². The fourth-order valence-electron chi connectivity index (χ4n) is 2.65. The van der Waals surface area contributed by atoms with E-state index in [1.165, 1.54) is 11.3 Å². The van der Waals surface area contributed by atoms with Crippen LogP contribution in [-0.2, 0) is 21.2 Å². The van der Waals surface area contributed by atoms with Crippen LogP contribution >= 0.6 is 23.7 Å². The van der Waals surface area contributed by atoms with Crippen LogP contribution in [0, 0.1) is 5.41 Å². The van der Waals surface area contributed by atoms with Crippen molar-refractivity contribution in [2.24, 2.45) is 5.41 Å². The maximum atomic E-state index is 12.4. The van der Waals surface area contributed by atoms with Crippen molar-refractivity contribution in [3.63, 3.8) is 0 Å². The predicted molar refractivity (Wildman–Crippen MR) is 92.5 cm³/mol. The summed E-state index contributed by atoms with van der Waals surface area (Å²) in [5.41, 5.74) is -0.0993. The predicted octanol–water partition coefficient (Wildman–Crippen LogP) is 2.03. The molecule has 0 aliphatic carbocycles. The lowest BCUT2D eigenvalue weighted by molar-refractivity contribution is 0.0577. The summed E-state index contributed by atoms with van der Waals surface area (Å²) in [6.07, 6.45) is 2.71. The molecule has 0 unspecified atom stereocenters. The summed E-state index contributed by atoms with van der Waals surface area (Å²) in [5, 5.41) is 3.31. The SMILES string of the molecule is CCc1ccc(S(=O)(=O)NCC2(COC)CCNCC2)s1.Cl. The van der Waals surface area contributed by atoms with Crippen molar-refractivity contribution < 1.29 is 13.2 Å². The van der Waals surface area contributed by atoms with E-state index in [0.29, 0.717) is 17.4 Å². The second kappa shape index (κ2) is 8.61. The third-order valence-corrected chi connectivity index (χ3v) is 7.12. The number of ether oxygens (including phenoxy) is 1. The third kappa shape index (κ3) is 4.91. The van der Waals surface area contributed by atoms with Crippen LogP contribution in [0.2, 0.25) is 0 Å². The van der Waals surface area contributed by atoms with E-state index in [9.17, 15) is 8.42 Å². The summed E-state index contributed by atoms with van der Waals surface area (Å²) < 4.78 is 33.3. The highest BCUT2D eigenvalue weighted by Gasteiger charge is 2.33. The first-order valence-electron chi connectivity index (χ1n) is 7.29. The van der Waals surface area contributed by atoms with Gasteiger partial charge in [-0.2, -0.15) is 0 Å². The summed E-state index contributed by atoms with van der Waals surface area (Å²) in [7, 11) is -1.74. The second-order valence-electron chi connectivity index (χ2n) is 5.58. The highest BCUT2D eigenvalue weighted by molar-refractivity contribution is 7.91. The summed E-state index contributed by atoms with van der Waals surface area (Å²) >= 11 is 1.34. The fourth-order valence-corrected chi connectivity index (χ4v) is 5.14. The van der Waals surface area contributed by atoms with Crippen molar-refractivity contribution >= 4 is 33.8 Å². The number of methoxy groups -OCH3 is 1. The van der Waals surface area contributed by atoms with Gasteiger partial charge < -0.3 is 10.1 Å². The minimum atomic E-state index is -3.41. The summed E-state index contributed by atoms with van der Waals surface area (Å²) in [6.45, 7) is 4.86. The quantitative estimate of drug-likeness (QED) is 0.772. The number of piperidine rings is 1. The molecular weight excluding hydrogens is 344 g/mol. The van der Waals surface area contributed by atoms with Gasteiger partial charge in [-0.15, -0.1) is 23.7 Å². The highest BCUT2D eigenvalue weighted by Crippen LogP contribution is 2.29. The van der Waals surface area contributed by atoms with Gasteiger partial charge in [-0.05, 0) is 44.5 Å². The van der Waals surface area contributed by atoms with Crippen LogP contribution in [0.1, 0.15) is 24.6 Å². The standard InChI is InChI=1S/C14H24N2O3S2.ClH/c1-3-12-4-5-13(20-12)21(17,18)16-10-14(11-19-2)6-8-15-9-7-14;/h4-5,15-16H,3,6-11H2,1-2H3;1H. The molecule has 1 aliphatic heterocycles. The molecule has 2 heterocycles. The van der Waals surface area contributed by atoms with E-state index in [2.05, 4.69) is 10.0 Å². The van der Waals surface area contributed by atoms with Crippen molar-refractivity contribution in [1.82, 2.24) is 10.0 Å². The molecule has 0 aromatic carbocycles. The van der Waals surface area contributed by atoms with Gasteiger partial charge in [0.05, 0.1) is 6.61 Å². The van der Waals surface area contributed by atoms with Crippen LogP contribution in [0.15, 0.2) is 16.3 Å². The minimum absolute atomic E-state index is 0. The van der Waals surface area contributed by atoms with Gasteiger partial charge in [0.2, 0.25) is 10.0 Å². The van der Waals surface area contributed by atoms with E-state index < -0.39 is 10.0 Å². The molecule has 1 fully saturated rings. The first-order valence-corrected chi connectivity index (χ1v) is 9.59. The Morgan fingerprint density at radius 3 is 2.59 bits per heavy atom. The zero-order chi connectivity index (χ0) is 15.3. The lowest BCUT2D eigenvalue weighted by Gasteiger charge is -2.37. The van der Waals surface area contributed by atoms with Crippen LogP contribution in [0.25, 0.3) is 0 Å². The Kier molecular flexibility index (Phi) is 7.78. The first kappa shape index (κ1) is 19.9. The Hall–Kier alpha value is -0.180. The van der Waals surface area contributed by atoms with Crippen molar-refractivity contribution in [3.8, 4) is 0 Å². The number of hydrogen-bond acceptors (Lipinski definition) is 5. The molecule has 1 aromatic heterocycles. The first-order chi connectivity index (χ1) is 10.0. The smallest absolute Gasteiger partial charge is 0.250 e. The van der Waals surface area contributed by atoms with E-state index in [-0.39, 0.29) is 17.8 Å². The molecule has 2 N–H and O–H groups in total. The average Bonchev–Trinajstić information content (AvgIpc) is 2.97. The van der Waals surface area contributed by atoms with Gasteiger partial charge in [0.1, 0.15) is 4.21 Å². The number of thiophene rings is 1. The fraction of sp³-hybridized carbons (Fsp3) is 0.714.